The highest BCUT2D eigenvalue weighted by Crippen LogP contribution is 2.49. The average Bonchev–Trinajstić information content (AvgIpc) is 3.65. The summed E-state index contributed by atoms with van der Waals surface area (Å²) >= 11 is 1.86. The maximum absolute atomic E-state index is 6.39. The Kier molecular flexibility index (Phi) is 5.40. The van der Waals surface area contributed by atoms with Crippen LogP contribution in [0.25, 0.3) is 64.0 Å². The van der Waals surface area contributed by atoms with Crippen LogP contribution >= 0.6 is 11.3 Å². The van der Waals surface area contributed by atoms with Gasteiger partial charge in [0.15, 0.2) is 0 Å². The fourth-order valence-electron chi connectivity index (χ4n) is 6.59. The monoisotopic (exact) mass is 567 g/mol. The van der Waals surface area contributed by atoms with Gasteiger partial charge >= 0.3 is 0 Å². The van der Waals surface area contributed by atoms with E-state index in [2.05, 4.69) is 150 Å². The SMILES string of the molecule is c1ccc(-c2ccc(N(c3cccc4c3sc3ccccc34)c3cccc4oc5ccccc5c34)c3ccccc23)cc1. The molecule has 9 aromatic rings. The van der Waals surface area contributed by atoms with Crippen LogP contribution in [0.3, 0.4) is 0 Å². The zero-order chi connectivity index (χ0) is 28.3. The predicted molar refractivity (Wildman–Crippen MR) is 184 cm³/mol. The number of hydrogen-bond acceptors (Lipinski definition) is 3. The lowest BCUT2D eigenvalue weighted by Crippen LogP contribution is -2.11. The third-order valence-corrected chi connectivity index (χ3v) is 9.68. The molecule has 3 heteroatoms. The zero-order valence-corrected chi connectivity index (χ0v) is 24.0. The number of thiophene rings is 1. The van der Waals surface area contributed by atoms with E-state index in [1.54, 1.807) is 0 Å². The van der Waals surface area contributed by atoms with Crippen LogP contribution in [0.4, 0.5) is 17.1 Å². The van der Waals surface area contributed by atoms with Gasteiger partial charge in [-0.05, 0) is 52.9 Å². The Labute approximate surface area is 252 Å². The number of benzene rings is 7. The highest BCUT2D eigenvalue weighted by atomic mass is 32.1. The summed E-state index contributed by atoms with van der Waals surface area (Å²) in [4.78, 5) is 2.46. The van der Waals surface area contributed by atoms with Gasteiger partial charge in [-0.25, -0.2) is 0 Å². The van der Waals surface area contributed by atoms with E-state index in [1.165, 1.54) is 42.1 Å². The Hall–Kier alpha value is -5.38. The molecule has 43 heavy (non-hydrogen) atoms. The number of rotatable bonds is 4. The molecule has 0 spiro atoms. The molecular formula is C40H25NOS. The first-order valence-electron chi connectivity index (χ1n) is 14.5. The molecule has 9 rings (SSSR count). The molecule has 0 aliphatic carbocycles. The fraction of sp³-hybridized carbons (Fsp3) is 0. The molecule has 0 unspecified atom stereocenters. The highest BCUT2D eigenvalue weighted by molar-refractivity contribution is 7.26. The summed E-state index contributed by atoms with van der Waals surface area (Å²) in [6, 6.07) is 54.2. The molecule has 2 nitrogen and oxygen atoms in total. The average molecular weight is 568 g/mol. The number of para-hydroxylation sites is 1. The van der Waals surface area contributed by atoms with Crippen LogP contribution in [-0.4, -0.2) is 0 Å². The van der Waals surface area contributed by atoms with Crippen molar-refractivity contribution >= 4 is 81.3 Å². The van der Waals surface area contributed by atoms with Gasteiger partial charge < -0.3 is 9.32 Å². The molecule has 0 amide bonds. The summed E-state index contributed by atoms with van der Waals surface area (Å²) in [6.45, 7) is 0. The van der Waals surface area contributed by atoms with Crippen molar-refractivity contribution in [1.82, 2.24) is 0 Å². The summed E-state index contributed by atoms with van der Waals surface area (Å²) in [5.41, 5.74) is 7.63. The molecule has 0 aliphatic rings. The molecule has 0 fully saturated rings. The van der Waals surface area contributed by atoms with Gasteiger partial charge in [0.2, 0.25) is 0 Å². The molecule has 2 aromatic heterocycles. The first-order valence-corrected chi connectivity index (χ1v) is 15.3. The van der Waals surface area contributed by atoms with Crippen LogP contribution in [0.15, 0.2) is 156 Å². The quantitative estimate of drug-likeness (QED) is 0.210. The molecule has 202 valence electrons. The summed E-state index contributed by atoms with van der Waals surface area (Å²) in [5.74, 6) is 0. The van der Waals surface area contributed by atoms with Gasteiger partial charge in [0, 0.05) is 26.2 Å². The Morgan fingerprint density at radius 1 is 0.419 bits per heavy atom. The van der Waals surface area contributed by atoms with Crippen molar-refractivity contribution in [2.45, 2.75) is 0 Å². The van der Waals surface area contributed by atoms with Gasteiger partial charge in [0.05, 0.1) is 27.1 Å². The molecule has 0 radical (unpaired) electrons. The standard InChI is InChI=1S/C40H25NOS/c1-2-12-26(13-3-1)27-24-25-33(29-15-5-4-14-28(27)29)41(34-19-11-22-37-39(34)32-17-6-8-21-36(32)42-37)35-20-10-18-31-30-16-7-9-23-38(30)43-40(31)35/h1-25H. The van der Waals surface area contributed by atoms with Crippen molar-refractivity contribution in [2.75, 3.05) is 4.90 Å². The molecule has 0 saturated heterocycles. The second-order valence-corrected chi connectivity index (χ2v) is 11.9. The lowest BCUT2D eigenvalue weighted by molar-refractivity contribution is 0.669. The zero-order valence-electron chi connectivity index (χ0n) is 23.2. The first-order chi connectivity index (χ1) is 21.3. The van der Waals surface area contributed by atoms with Gasteiger partial charge in [0.1, 0.15) is 11.2 Å². The highest BCUT2D eigenvalue weighted by Gasteiger charge is 2.24. The van der Waals surface area contributed by atoms with Crippen LogP contribution < -0.4 is 4.90 Å². The van der Waals surface area contributed by atoms with Crippen molar-refractivity contribution in [2.24, 2.45) is 0 Å². The number of anilines is 3. The topological polar surface area (TPSA) is 16.4 Å². The lowest BCUT2D eigenvalue weighted by atomic mass is 9.96. The summed E-state index contributed by atoms with van der Waals surface area (Å²) in [7, 11) is 0. The van der Waals surface area contributed by atoms with E-state index in [1.807, 2.05) is 17.4 Å². The molecule has 2 heterocycles. The van der Waals surface area contributed by atoms with Crippen molar-refractivity contribution in [3.63, 3.8) is 0 Å². The van der Waals surface area contributed by atoms with Gasteiger partial charge in [-0.2, -0.15) is 0 Å². The summed E-state index contributed by atoms with van der Waals surface area (Å²) < 4.78 is 8.95. The number of fused-ring (bicyclic) bond motifs is 7. The van der Waals surface area contributed by atoms with Gasteiger partial charge in [-0.1, -0.05) is 115 Å². The fourth-order valence-corrected chi connectivity index (χ4v) is 7.79. The molecule has 0 saturated carbocycles. The molecular weight excluding hydrogens is 543 g/mol. The van der Waals surface area contributed by atoms with E-state index in [4.69, 9.17) is 4.42 Å². The summed E-state index contributed by atoms with van der Waals surface area (Å²) in [6.07, 6.45) is 0. The van der Waals surface area contributed by atoms with E-state index >= 15 is 0 Å². The molecule has 0 N–H and O–H groups in total. The molecule has 7 aromatic carbocycles. The van der Waals surface area contributed by atoms with Gasteiger partial charge in [-0.3, -0.25) is 0 Å². The lowest BCUT2D eigenvalue weighted by Gasteiger charge is -2.28. The summed E-state index contributed by atoms with van der Waals surface area (Å²) in [5, 5.41) is 7.23. The van der Waals surface area contributed by atoms with Crippen LogP contribution in [0, 0.1) is 0 Å². The van der Waals surface area contributed by atoms with E-state index in [-0.39, 0.29) is 0 Å². The van der Waals surface area contributed by atoms with Gasteiger partial charge in [-0.15, -0.1) is 11.3 Å². The first kappa shape index (κ1) is 24.2. The third-order valence-electron chi connectivity index (χ3n) is 8.47. The minimum atomic E-state index is 0.887. The Morgan fingerprint density at radius 2 is 1.07 bits per heavy atom. The minimum Gasteiger partial charge on any atom is -0.456 e. The van der Waals surface area contributed by atoms with Crippen LogP contribution in [0.1, 0.15) is 0 Å². The molecule has 0 bridgehead atoms. The van der Waals surface area contributed by atoms with Crippen molar-refractivity contribution in [3.8, 4) is 11.1 Å². The van der Waals surface area contributed by atoms with Crippen molar-refractivity contribution < 1.29 is 4.42 Å². The minimum absolute atomic E-state index is 0.887. The number of nitrogens with zero attached hydrogens (tertiary/aromatic N) is 1. The second-order valence-electron chi connectivity index (χ2n) is 10.9. The maximum Gasteiger partial charge on any atom is 0.137 e. The van der Waals surface area contributed by atoms with Crippen molar-refractivity contribution in [3.05, 3.63) is 152 Å². The molecule has 0 atom stereocenters. The molecule has 0 aliphatic heterocycles. The van der Waals surface area contributed by atoms with E-state index in [0.717, 1.165) is 39.0 Å². The van der Waals surface area contributed by atoms with Crippen LogP contribution in [0.2, 0.25) is 0 Å². The Balaban J connectivity index is 1.41. The van der Waals surface area contributed by atoms with Crippen molar-refractivity contribution in [1.29, 1.82) is 0 Å². The van der Waals surface area contributed by atoms with Gasteiger partial charge in [0.25, 0.3) is 0 Å². The largest absolute Gasteiger partial charge is 0.456 e. The predicted octanol–water partition coefficient (Wildman–Crippen LogP) is 12.2. The van der Waals surface area contributed by atoms with E-state index < -0.39 is 0 Å². The number of hydrogen-bond donors (Lipinski definition) is 0. The normalized spacial score (nSPS) is 11.7. The number of furan rings is 1. The smallest absolute Gasteiger partial charge is 0.137 e. The van der Waals surface area contributed by atoms with Crippen LogP contribution in [0.5, 0.6) is 0 Å². The second kappa shape index (κ2) is 9.59. The van der Waals surface area contributed by atoms with E-state index in [9.17, 15) is 0 Å². The maximum atomic E-state index is 6.39. The van der Waals surface area contributed by atoms with Crippen LogP contribution in [-0.2, 0) is 0 Å². The Morgan fingerprint density at radius 3 is 1.95 bits per heavy atom. The third kappa shape index (κ3) is 3.72. The van der Waals surface area contributed by atoms with E-state index in [0.29, 0.717) is 0 Å². The Bertz CT molecular complexity index is 2470.